The fourth-order valence-electron chi connectivity index (χ4n) is 2.49. The molecule has 1 heterocycles. The molecule has 3 rings (SSSR count). The number of carbonyl (C=O) groups excluding carboxylic acids is 2. The summed E-state index contributed by atoms with van der Waals surface area (Å²) in [5.74, 6) is -1.01. The average molecular weight is 377 g/mol. The highest BCUT2D eigenvalue weighted by molar-refractivity contribution is 7.92. The summed E-state index contributed by atoms with van der Waals surface area (Å²) in [5.41, 5.74) is 0.766. The summed E-state index contributed by atoms with van der Waals surface area (Å²) in [7, 11) is -3.84. The highest BCUT2D eigenvalue weighted by Crippen LogP contribution is 2.19. The van der Waals surface area contributed by atoms with Gasteiger partial charge in [-0.05, 0) is 55.0 Å². The Morgan fingerprint density at radius 2 is 1.65 bits per heavy atom. The van der Waals surface area contributed by atoms with Gasteiger partial charge in [-0.3, -0.25) is 14.3 Å². The van der Waals surface area contributed by atoms with Crippen LogP contribution in [0.3, 0.4) is 0 Å². The molecule has 1 atom stereocenters. The lowest BCUT2D eigenvalue weighted by Gasteiger charge is -2.12. The number of hydrogen-bond acceptors (Lipinski definition) is 4. The van der Waals surface area contributed by atoms with Gasteiger partial charge in [0.05, 0.1) is 4.90 Å². The summed E-state index contributed by atoms with van der Waals surface area (Å²) in [5, 5.41) is 5.23. The second-order valence-corrected chi connectivity index (χ2v) is 7.47. The van der Waals surface area contributed by atoms with Gasteiger partial charge in [-0.15, -0.1) is 0 Å². The first-order chi connectivity index (χ1) is 12.3. The number of amides is 2. The van der Waals surface area contributed by atoms with E-state index >= 15 is 0 Å². The molecule has 3 N–H and O–H groups in total. The van der Waals surface area contributed by atoms with E-state index in [0.717, 1.165) is 12.1 Å². The minimum atomic E-state index is -3.84. The van der Waals surface area contributed by atoms with Crippen molar-refractivity contribution in [3.05, 3.63) is 54.3 Å². The number of halogens is 1. The Kier molecular flexibility index (Phi) is 4.90. The van der Waals surface area contributed by atoms with Gasteiger partial charge in [0, 0.05) is 17.8 Å². The van der Waals surface area contributed by atoms with Crippen molar-refractivity contribution in [1.29, 1.82) is 0 Å². The van der Waals surface area contributed by atoms with E-state index in [2.05, 4.69) is 15.4 Å². The van der Waals surface area contributed by atoms with E-state index in [-0.39, 0.29) is 16.7 Å². The van der Waals surface area contributed by atoms with Gasteiger partial charge in [-0.25, -0.2) is 12.8 Å². The van der Waals surface area contributed by atoms with Crippen LogP contribution in [0.15, 0.2) is 53.4 Å². The first-order valence-corrected chi connectivity index (χ1v) is 9.30. The van der Waals surface area contributed by atoms with Crippen LogP contribution in [0.25, 0.3) is 0 Å². The maximum atomic E-state index is 12.9. The van der Waals surface area contributed by atoms with Crippen LogP contribution in [-0.4, -0.2) is 26.3 Å². The van der Waals surface area contributed by atoms with Crippen LogP contribution >= 0.6 is 0 Å². The number of hydrogen-bond donors (Lipinski definition) is 3. The highest BCUT2D eigenvalue weighted by Gasteiger charge is 2.27. The van der Waals surface area contributed by atoms with Crippen molar-refractivity contribution >= 4 is 33.2 Å². The maximum absolute atomic E-state index is 12.9. The van der Waals surface area contributed by atoms with E-state index in [1.807, 2.05) is 0 Å². The molecule has 0 saturated carbocycles. The van der Waals surface area contributed by atoms with Crippen LogP contribution in [0.2, 0.25) is 0 Å². The third-order valence-corrected chi connectivity index (χ3v) is 5.24. The maximum Gasteiger partial charge on any atom is 0.261 e. The van der Waals surface area contributed by atoms with Gasteiger partial charge >= 0.3 is 0 Å². The van der Waals surface area contributed by atoms with Gasteiger partial charge in [0.1, 0.15) is 11.9 Å². The zero-order chi connectivity index (χ0) is 18.7. The van der Waals surface area contributed by atoms with Crippen LogP contribution < -0.4 is 15.4 Å². The van der Waals surface area contributed by atoms with Gasteiger partial charge in [0.25, 0.3) is 10.0 Å². The van der Waals surface area contributed by atoms with E-state index in [9.17, 15) is 22.4 Å². The zero-order valence-corrected chi connectivity index (χ0v) is 14.3. The summed E-state index contributed by atoms with van der Waals surface area (Å²) in [4.78, 5) is 23.1. The van der Waals surface area contributed by atoms with Gasteiger partial charge in [0.15, 0.2) is 0 Å². The van der Waals surface area contributed by atoms with Crippen molar-refractivity contribution in [2.75, 3.05) is 10.0 Å². The van der Waals surface area contributed by atoms with E-state index < -0.39 is 21.9 Å². The molecule has 1 aliphatic rings. The fourth-order valence-corrected chi connectivity index (χ4v) is 3.55. The van der Waals surface area contributed by atoms with Crippen molar-refractivity contribution in [3.63, 3.8) is 0 Å². The Labute approximate surface area is 149 Å². The monoisotopic (exact) mass is 377 g/mol. The summed E-state index contributed by atoms with van der Waals surface area (Å²) in [6.45, 7) is 0. The third kappa shape index (κ3) is 4.17. The first-order valence-electron chi connectivity index (χ1n) is 7.82. The van der Waals surface area contributed by atoms with Crippen molar-refractivity contribution in [2.24, 2.45) is 0 Å². The van der Waals surface area contributed by atoms with Gasteiger partial charge < -0.3 is 10.6 Å². The number of benzene rings is 2. The van der Waals surface area contributed by atoms with Crippen LogP contribution in [0.1, 0.15) is 12.8 Å². The largest absolute Gasteiger partial charge is 0.344 e. The van der Waals surface area contributed by atoms with Crippen molar-refractivity contribution in [3.8, 4) is 0 Å². The Morgan fingerprint density at radius 3 is 2.23 bits per heavy atom. The average Bonchev–Trinajstić information content (AvgIpc) is 3.03. The number of sulfonamides is 1. The quantitative estimate of drug-likeness (QED) is 0.739. The third-order valence-electron chi connectivity index (χ3n) is 3.84. The molecule has 0 unspecified atom stereocenters. The topological polar surface area (TPSA) is 104 Å². The minimum Gasteiger partial charge on any atom is -0.344 e. The van der Waals surface area contributed by atoms with E-state index in [1.54, 1.807) is 0 Å². The Bertz CT molecular complexity index is 927. The zero-order valence-electron chi connectivity index (χ0n) is 13.5. The van der Waals surface area contributed by atoms with E-state index in [4.69, 9.17) is 0 Å². The molecular formula is C17H16FN3O4S. The van der Waals surface area contributed by atoms with E-state index in [0.29, 0.717) is 24.2 Å². The molecule has 7 nitrogen and oxygen atoms in total. The Morgan fingerprint density at radius 1 is 1.04 bits per heavy atom. The Balaban J connectivity index is 1.65. The highest BCUT2D eigenvalue weighted by atomic mass is 32.2. The van der Waals surface area contributed by atoms with E-state index in [1.165, 1.54) is 36.4 Å². The molecule has 1 aliphatic heterocycles. The first kappa shape index (κ1) is 17.9. The summed E-state index contributed by atoms with van der Waals surface area (Å²) in [6.07, 6.45) is 0.766. The summed E-state index contributed by atoms with van der Waals surface area (Å²) in [6, 6.07) is 9.97. The number of anilines is 2. The second kappa shape index (κ2) is 7.12. The fraction of sp³-hybridized carbons (Fsp3) is 0.176. The standard InChI is InChI=1S/C17H16FN3O4S/c18-11-1-7-14(8-2-11)26(24,25)21-13-5-3-12(4-6-13)19-17(23)15-9-10-16(22)20-15/h1-8,15,21H,9-10H2,(H,19,23)(H,20,22)/t15-/m1/s1. The summed E-state index contributed by atoms with van der Waals surface area (Å²) < 4.78 is 39.8. The van der Waals surface area contributed by atoms with Gasteiger partial charge in [0.2, 0.25) is 11.8 Å². The van der Waals surface area contributed by atoms with Crippen LogP contribution in [0.5, 0.6) is 0 Å². The molecule has 0 bridgehead atoms. The summed E-state index contributed by atoms with van der Waals surface area (Å²) >= 11 is 0. The van der Waals surface area contributed by atoms with Crippen molar-refractivity contribution in [1.82, 2.24) is 5.32 Å². The molecule has 0 aliphatic carbocycles. The van der Waals surface area contributed by atoms with Gasteiger partial charge in [-0.2, -0.15) is 0 Å². The Hall–Kier alpha value is -2.94. The smallest absolute Gasteiger partial charge is 0.261 e. The molecule has 9 heteroatoms. The number of rotatable bonds is 5. The van der Waals surface area contributed by atoms with Crippen LogP contribution in [0.4, 0.5) is 15.8 Å². The van der Waals surface area contributed by atoms with Crippen molar-refractivity contribution in [2.45, 2.75) is 23.8 Å². The van der Waals surface area contributed by atoms with Crippen molar-refractivity contribution < 1.29 is 22.4 Å². The molecule has 2 aromatic rings. The SMILES string of the molecule is O=C1CC[C@H](C(=O)Nc2ccc(NS(=O)(=O)c3ccc(F)cc3)cc2)N1. The molecule has 0 aromatic heterocycles. The molecule has 2 aromatic carbocycles. The molecule has 1 fully saturated rings. The molecule has 1 saturated heterocycles. The number of nitrogens with one attached hydrogen (secondary N) is 3. The molecular weight excluding hydrogens is 361 g/mol. The lowest BCUT2D eigenvalue weighted by atomic mass is 10.2. The lowest BCUT2D eigenvalue weighted by Crippen LogP contribution is -2.37. The molecule has 136 valence electrons. The number of carbonyl (C=O) groups is 2. The predicted molar refractivity (Wildman–Crippen MR) is 93.4 cm³/mol. The van der Waals surface area contributed by atoms with Gasteiger partial charge in [-0.1, -0.05) is 0 Å². The molecule has 0 spiro atoms. The van der Waals surface area contributed by atoms with Crippen LogP contribution in [0, 0.1) is 5.82 Å². The molecule has 2 amide bonds. The molecule has 26 heavy (non-hydrogen) atoms. The van der Waals surface area contributed by atoms with Crippen LogP contribution in [-0.2, 0) is 19.6 Å². The normalized spacial score (nSPS) is 16.8. The second-order valence-electron chi connectivity index (χ2n) is 5.78. The predicted octanol–water partition coefficient (Wildman–Crippen LogP) is 1.84. The molecule has 0 radical (unpaired) electrons. The lowest BCUT2D eigenvalue weighted by molar-refractivity contribution is -0.122. The minimum absolute atomic E-state index is 0.0618.